The van der Waals surface area contributed by atoms with Crippen molar-refractivity contribution in [2.45, 2.75) is 32.2 Å². The molecule has 7 heteroatoms. The molecule has 1 aliphatic heterocycles. The van der Waals surface area contributed by atoms with E-state index >= 15 is 0 Å². The van der Waals surface area contributed by atoms with Gasteiger partial charge in [-0.1, -0.05) is 61.3 Å². The van der Waals surface area contributed by atoms with E-state index < -0.39 is 17.7 Å². The van der Waals surface area contributed by atoms with Crippen LogP contribution in [0.2, 0.25) is 5.02 Å². The average Bonchev–Trinajstić information content (AvgIpc) is 3.17. The molecule has 1 N–H and O–H groups in total. The van der Waals surface area contributed by atoms with E-state index in [1.165, 1.54) is 4.90 Å². The molecule has 3 aromatic carbocycles. The van der Waals surface area contributed by atoms with E-state index in [9.17, 15) is 14.7 Å². The molecule has 1 saturated heterocycles. The smallest absolute Gasteiger partial charge is 0.295 e. The number of halogens is 1. The summed E-state index contributed by atoms with van der Waals surface area (Å²) in [7, 11) is 1.55. The Labute approximate surface area is 222 Å². The molecule has 4 rings (SSSR count). The third kappa shape index (κ3) is 5.81. The van der Waals surface area contributed by atoms with Crippen molar-refractivity contribution in [2.75, 3.05) is 20.3 Å². The molecular formula is C30H30ClNO5. The van der Waals surface area contributed by atoms with E-state index in [1.807, 2.05) is 36.4 Å². The lowest BCUT2D eigenvalue weighted by molar-refractivity contribution is -0.139. The second-order valence-electron chi connectivity index (χ2n) is 8.85. The summed E-state index contributed by atoms with van der Waals surface area (Å²) in [6, 6.07) is 20.8. The SMILES string of the molecule is CCCCOc1ccc(C2C(=C(O)c3ccc(Cl)cc3)C(=O)C(=O)N2CCc2ccccc2)cc1OC. The van der Waals surface area contributed by atoms with E-state index in [2.05, 4.69) is 6.92 Å². The van der Waals surface area contributed by atoms with Gasteiger partial charge in [0, 0.05) is 17.1 Å². The molecule has 0 radical (unpaired) electrons. The van der Waals surface area contributed by atoms with Crippen LogP contribution in [0.25, 0.3) is 5.76 Å². The van der Waals surface area contributed by atoms with E-state index in [0.717, 1.165) is 18.4 Å². The van der Waals surface area contributed by atoms with Gasteiger partial charge >= 0.3 is 0 Å². The molecule has 1 heterocycles. The first-order chi connectivity index (χ1) is 17.9. The third-order valence-corrected chi connectivity index (χ3v) is 6.65. The number of methoxy groups -OCH3 is 1. The van der Waals surface area contributed by atoms with Crippen molar-refractivity contribution in [3.8, 4) is 11.5 Å². The van der Waals surface area contributed by atoms with E-state index in [4.69, 9.17) is 21.1 Å². The number of carbonyl (C=O) groups is 2. The summed E-state index contributed by atoms with van der Waals surface area (Å²) >= 11 is 6.02. The number of likely N-dealkylation sites (tertiary alicyclic amines) is 1. The maximum Gasteiger partial charge on any atom is 0.295 e. The van der Waals surface area contributed by atoms with Crippen molar-refractivity contribution in [2.24, 2.45) is 0 Å². The highest BCUT2D eigenvalue weighted by Crippen LogP contribution is 2.42. The van der Waals surface area contributed by atoms with Crippen LogP contribution >= 0.6 is 11.6 Å². The molecule has 192 valence electrons. The molecule has 0 spiro atoms. The summed E-state index contributed by atoms with van der Waals surface area (Å²) in [6.45, 7) is 2.94. The molecule has 3 aromatic rings. The van der Waals surface area contributed by atoms with Crippen LogP contribution < -0.4 is 9.47 Å². The Bertz CT molecular complexity index is 1290. The summed E-state index contributed by atoms with van der Waals surface area (Å²) in [6.07, 6.45) is 2.47. The molecule has 1 atom stereocenters. The zero-order valence-corrected chi connectivity index (χ0v) is 21.7. The molecule has 1 aliphatic rings. The molecule has 0 bridgehead atoms. The topological polar surface area (TPSA) is 76.1 Å². The summed E-state index contributed by atoms with van der Waals surface area (Å²) in [5.74, 6) is -0.553. The van der Waals surface area contributed by atoms with Crippen LogP contribution in [0, 0.1) is 0 Å². The predicted molar refractivity (Wildman–Crippen MR) is 144 cm³/mol. The van der Waals surface area contributed by atoms with Crippen LogP contribution in [0.3, 0.4) is 0 Å². The molecule has 1 fully saturated rings. The number of carbonyl (C=O) groups excluding carboxylic acids is 2. The number of aliphatic hydroxyl groups excluding tert-OH is 1. The van der Waals surface area contributed by atoms with Gasteiger partial charge in [-0.05, 0) is 60.4 Å². The minimum atomic E-state index is -0.794. The molecule has 0 aliphatic carbocycles. The zero-order valence-electron chi connectivity index (χ0n) is 20.9. The summed E-state index contributed by atoms with van der Waals surface area (Å²) in [4.78, 5) is 28.1. The van der Waals surface area contributed by atoms with E-state index in [0.29, 0.717) is 47.2 Å². The lowest BCUT2D eigenvalue weighted by atomic mass is 9.95. The first-order valence-electron chi connectivity index (χ1n) is 12.3. The van der Waals surface area contributed by atoms with Gasteiger partial charge in [0.05, 0.1) is 25.3 Å². The number of unbranched alkanes of at least 4 members (excludes halogenated alkanes) is 1. The second-order valence-corrected chi connectivity index (χ2v) is 9.28. The Morgan fingerprint density at radius 2 is 1.73 bits per heavy atom. The number of benzene rings is 3. The zero-order chi connectivity index (χ0) is 26.4. The standard InChI is InChI=1S/C30H30ClNO5/c1-3-4-18-37-24-15-12-22(19-25(24)36-2)27-26(28(33)21-10-13-23(31)14-11-21)29(34)30(35)32(27)17-16-20-8-6-5-7-9-20/h5-15,19,27,33H,3-4,16-18H2,1-2H3. The van der Waals surface area contributed by atoms with Crippen LogP contribution in [-0.4, -0.2) is 42.0 Å². The number of ketones is 1. The lowest BCUT2D eigenvalue weighted by Gasteiger charge is -2.26. The Hall–Kier alpha value is -3.77. The summed E-state index contributed by atoms with van der Waals surface area (Å²) in [5, 5.41) is 11.7. The Balaban J connectivity index is 1.77. The van der Waals surface area contributed by atoms with Gasteiger partial charge in [0.1, 0.15) is 5.76 Å². The Morgan fingerprint density at radius 3 is 2.41 bits per heavy atom. The predicted octanol–water partition coefficient (Wildman–Crippen LogP) is 6.19. The number of Topliss-reactive ketones (excluding diaryl/α,β-unsaturated/α-hetero) is 1. The monoisotopic (exact) mass is 519 g/mol. The fraction of sp³-hybridized carbons (Fsp3) is 0.267. The fourth-order valence-corrected chi connectivity index (χ4v) is 4.54. The first kappa shape index (κ1) is 26.3. The van der Waals surface area contributed by atoms with Gasteiger partial charge in [0.2, 0.25) is 0 Å². The quantitative estimate of drug-likeness (QED) is 0.149. The highest BCUT2D eigenvalue weighted by atomic mass is 35.5. The maximum absolute atomic E-state index is 13.3. The average molecular weight is 520 g/mol. The van der Waals surface area contributed by atoms with Gasteiger partial charge in [-0.2, -0.15) is 0 Å². The van der Waals surface area contributed by atoms with Crippen LogP contribution in [-0.2, 0) is 16.0 Å². The molecule has 6 nitrogen and oxygen atoms in total. The number of hydrogen-bond donors (Lipinski definition) is 1. The molecule has 0 aromatic heterocycles. The normalized spacial score (nSPS) is 16.7. The van der Waals surface area contributed by atoms with Gasteiger partial charge in [-0.3, -0.25) is 9.59 Å². The van der Waals surface area contributed by atoms with Crippen molar-refractivity contribution in [1.82, 2.24) is 4.90 Å². The van der Waals surface area contributed by atoms with Crippen molar-refractivity contribution in [1.29, 1.82) is 0 Å². The van der Waals surface area contributed by atoms with Crippen LogP contribution in [0.15, 0.2) is 78.4 Å². The minimum absolute atomic E-state index is 0.0297. The van der Waals surface area contributed by atoms with E-state index in [-0.39, 0.29) is 11.3 Å². The number of amides is 1. The van der Waals surface area contributed by atoms with Gasteiger partial charge in [-0.15, -0.1) is 0 Å². The van der Waals surface area contributed by atoms with E-state index in [1.54, 1.807) is 43.5 Å². The molecule has 0 saturated carbocycles. The number of aliphatic hydroxyl groups is 1. The van der Waals surface area contributed by atoms with Gasteiger partial charge in [0.25, 0.3) is 11.7 Å². The molecule has 37 heavy (non-hydrogen) atoms. The maximum atomic E-state index is 13.3. The largest absolute Gasteiger partial charge is 0.507 e. The highest BCUT2D eigenvalue weighted by Gasteiger charge is 2.46. The minimum Gasteiger partial charge on any atom is -0.507 e. The van der Waals surface area contributed by atoms with Crippen LogP contribution in [0.5, 0.6) is 11.5 Å². The number of rotatable bonds is 10. The fourth-order valence-electron chi connectivity index (χ4n) is 4.41. The van der Waals surface area contributed by atoms with Crippen LogP contribution in [0.1, 0.15) is 42.5 Å². The second kappa shape index (κ2) is 12.0. The molecule has 1 amide bonds. The number of hydrogen-bond acceptors (Lipinski definition) is 5. The lowest BCUT2D eigenvalue weighted by Crippen LogP contribution is -2.31. The molecule has 1 unspecified atom stereocenters. The molecular weight excluding hydrogens is 490 g/mol. The third-order valence-electron chi connectivity index (χ3n) is 6.40. The highest BCUT2D eigenvalue weighted by molar-refractivity contribution is 6.46. The van der Waals surface area contributed by atoms with Crippen molar-refractivity contribution in [3.63, 3.8) is 0 Å². The van der Waals surface area contributed by atoms with Crippen molar-refractivity contribution >= 4 is 29.1 Å². The Kier molecular flexibility index (Phi) is 8.51. The van der Waals surface area contributed by atoms with Gasteiger partial charge in [-0.25, -0.2) is 0 Å². The van der Waals surface area contributed by atoms with Crippen molar-refractivity contribution in [3.05, 3.63) is 100 Å². The summed E-state index contributed by atoms with van der Waals surface area (Å²) < 4.78 is 11.5. The number of nitrogens with zero attached hydrogens (tertiary/aromatic N) is 1. The van der Waals surface area contributed by atoms with Crippen molar-refractivity contribution < 1.29 is 24.2 Å². The number of ether oxygens (including phenoxy) is 2. The first-order valence-corrected chi connectivity index (χ1v) is 12.7. The van der Waals surface area contributed by atoms with Gasteiger partial charge in [0.15, 0.2) is 11.5 Å². The summed E-state index contributed by atoms with van der Waals surface area (Å²) in [5.41, 5.74) is 2.12. The Morgan fingerprint density at radius 1 is 1.00 bits per heavy atom. The van der Waals surface area contributed by atoms with Crippen LogP contribution in [0.4, 0.5) is 0 Å². The van der Waals surface area contributed by atoms with Gasteiger partial charge < -0.3 is 19.5 Å².